The fourth-order valence-corrected chi connectivity index (χ4v) is 2.97. The number of benzene rings is 1. The normalized spacial score (nSPS) is 18.5. The van der Waals surface area contributed by atoms with Gasteiger partial charge in [0, 0.05) is 18.5 Å². The molecule has 1 heterocycles. The fraction of sp³-hybridized carbons (Fsp3) is 0.500. The summed E-state index contributed by atoms with van der Waals surface area (Å²) in [5, 5.41) is 17.2. The molecule has 0 aromatic heterocycles. The number of nitro benzene ring substituents is 1. The Balaban J connectivity index is 1.94. The highest BCUT2D eigenvalue weighted by Crippen LogP contribution is 2.35. The summed E-state index contributed by atoms with van der Waals surface area (Å²) in [7, 11) is 0. The van der Waals surface area contributed by atoms with Crippen LogP contribution in [0.1, 0.15) is 37.7 Å². The summed E-state index contributed by atoms with van der Waals surface area (Å²) in [6.45, 7) is 0. The van der Waals surface area contributed by atoms with E-state index in [-0.39, 0.29) is 11.6 Å². The van der Waals surface area contributed by atoms with Crippen molar-refractivity contribution in [1.29, 1.82) is 0 Å². The van der Waals surface area contributed by atoms with E-state index < -0.39 is 4.92 Å². The highest BCUT2D eigenvalue weighted by molar-refractivity contribution is 5.95. The van der Waals surface area contributed by atoms with E-state index in [2.05, 4.69) is 10.6 Å². The van der Waals surface area contributed by atoms with Crippen molar-refractivity contribution in [3.05, 3.63) is 27.8 Å². The molecule has 6 heteroatoms. The first-order chi connectivity index (χ1) is 9.63. The molecule has 0 unspecified atom stereocenters. The van der Waals surface area contributed by atoms with Crippen LogP contribution in [0, 0.1) is 10.1 Å². The summed E-state index contributed by atoms with van der Waals surface area (Å²) in [6.07, 6.45) is 5.54. The summed E-state index contributed by atoms with van der Waals surface area (Å²) >= 11 is 0. The first-order valence-corrected chi connectivity index (χ1v) is 7.01. The second kappa shape index (κ2) is 5.11. The number of anilines is 2. The van der Waals surface area contributed by atoms with Crippen LogP contribution in [-0.2, 0) is 11.2 Å². The maximum Gasteiger partial charge on any atom is 0.294 e. The van der Waals surface area contributed by atoms with Crippen LogP contribution >= 0.6 is 0 Å². The predicted octanol–water partition coefficient (Wildman–Crippen LogP) is 2.83. The lowest BCUT2D eigenvalue weighted by Gasteiger charge is -2.20. The van der Waals surface area contributed by atoms with Crippen LogP contribution in [0.3, 0.4) is 0 Å². The molecule has 0 bridgehead atoms. The van der Waals surface area contributed by atoms with Gasteiger partial charge in [-0.2, -0.15) is 0 Å². The maximum absolute atomic E-state index is 11.4. The number of nitrogens with zero attached hydrogens (tertiary/aromatic N) is 1. The Hall–Kier alpha value is -2.11. The monoisotopic (exact) mass is 275 g/mol. The zero-order valence-corrected chi connectivity index (χ0v) is 11.1. The zero-order chi connectivity index (χ0) is 14.1. The van der Waals surface area contributed by atoms with Gasteiger partial charge in [0.25, 0.3) is 5.69 Å². The number of carbonyl (C=O) groups is 1. The fourth-order valence-electron chi connectivity index (χ4n) is 2.97. The van der Waals surface area contributed by atoms with Crippen LogP contribution in [0.2, 0.25) is 0 Å². The van der Waals surface area contributed by atoms with Crippen LogP contribution < -0.4 is 10.6 Å². The van der Waals surface area contributed by atoms with E-state index >= 15 is 0 Å². The molecule has 1 amide bonds. The summed E-state index contributed by atoms with van der Waals surface area (Å²) in [4.78, 5) is 22.2. The summed E-state index contributed by atoms with van der Waals surface area (Å²) in [6, 6.07) is 3.62. The minimum Gasteiger partial charge on any atom is -0.377 e. The number of carbonyl (C=O) groups excluding carboxylic acids is 1. The molecule has 6 nitrogen and oxygen atoms in total. The highest BCUT2D eigenvalue weighted by atomic mass is 16.6. The molecule has 1 aromatic carbocycles. The second-order valence-corrected chi connectivity index (χ2v) is 5.46. The molecule has 0 saturated heterocycles. The van der Waals surface area contributed by atoms with E-state index in [1.54, 1.807) is 0 Å². The van der Waals surface area contributed by atoms with E-state index in [9.17, 15) is 14.9 Å². The molecule has 0 radical (unpaired) electrons. The van der Waals surface area contributed by atoms with Gasteiger partial charge in [-0.3, -0.25) is 14.9 Å². The van der Waals surface area contributed by atoms with Gasteiger partial charge in [-0.05, 0) is 30.9 Å². The molecule has 106 valence electrons. The Morgan fingerprint density at radius 2 is 2.00 bits per heavy atom. The van der Waals surface area contributed by atoms with Crippen LogP contribution in [0.25, 0.3) is 0 Å². The van der Waals surface area contributed by atoms with Gasteiger partial charge in [0.05, 0.1) is 10.6 Å². The molecule has 0 spiro atoms. The molecule has 1 aliphatic heterocycles. The molecule has 2 aliphatic rings. The zero-order valence-electron chi connectivity index (χ0n) is 11.1. The van der Waals surface area contributed by atoms with Gasteiger partial charge in [-0.15, -0.1) is 0 Å². The number of nitro groups is 1. The molecule has 1 aliphatic carbocycles. The van der Waals surface area contributed by atoms with Crippen LogP contribution in [-0.4, -0.2) is 16.9 Å². The average molecular weight is 275 g/mol. The van der Waals surface area contributed by atoms with Crippen molar-refractivity contribution in [2.75, 3.05) is 10.6 Å². The lowest BCUT2D eigenvalue weighted by Crippen LogP contribution is -2.21. The standard InChI is InChI=1S/C14H17N3O3/c18-14-6-5-9-7-12(15-10-3-1-2-4-10)13(17(19)20)8-11(9)16-14/h7-8,10,15H,1-6H2,(H,16,18). The molecule has 1 saturated carbocycles. The Kier molecular flexibility index (Phi) is 3.30. The molecule has 0 atom stereocenters. The summed E-state index contributed by atoms with van der Waals surface area (Å²) < 4.78 is 0. The van der Waals surface area contributed by atoms with Crippen molar-refractivity contribution >= 4 is 23.0 Å². The number of hydrogen-bond acceptors (Lipinski definition) is 4. The lowest BCUT2D eigenvalue weighted by molar-refractivity contribution is -0.383. The van der Waals surface area contributed by atoms with Crippen LogP contribution in [0.4, 0.5) is 17.1 Å². The topological polar surface area (TPSA) is 84.3 Å². The molecular weight excluding hydrogens is 258 g/mol. The van der Waals surface area contributed by atoms with Crippen LogP contribution in [0.15, 0.2) is 12.1 Å². The number of fused-ring (bicyclic) bond motifs is 1. The number of amides is 1. The van der Waals surface area contributed by atoms with Gasteiger partial charge in [0.2, 0.25) is 5.91 Å². The average Bonchev–Trinajstić information content (AvgIpc) is 2.91. The van der Waals surface area contributed by atoms with E-state index in [0.29, 0.717) is 30.3 Å². The van der Waals surface area contributed by atoms with Crippen molar-refractivity contribution in [1.82, 2.24) is 0 Å². The number of aryl methyl sites for hydroxylation is 1. The van der Waals surface area contributed by atoms with Crippen molar-refractivity contribution in [2.45, 2.75) is 44.6 Å². The molecule has 1 aromatic rings. The van der Waals surface area contributed by atoms with E-state index in [4.69, 9.17) is 0 Å². The number of nitrogens with one attached hydrogen (secondary N) is 2. The Labute approximate surface area is 116 Å². The first kappa shape index (κ1) is 12.9. The van der Waals surface area contributed by atoms with E-state index in [1.807, 2.05) is 6.07 Å². The van der Waals surface area contributed by atoms with E-state index in [0.717, 1.165) is 18.4 Å². The third-order valence-corrected chi connectivity index (χ3v) is 4.03. The van der Waals surface area contributed by atoms with Gasteiger partial charge in [0.1, 0.15) is 5.69 Å². The van der Waals surface area contributed by atoms with Crippen molar-refractivity contribution in [2.24, 2.45) is 0 Å². The second-order valence-electron chi connectivity index (χ2n) is 5.46. The van der Waals surface area contributed by atoms with Gasteiger partial charge >= 0.3 is 0 Å². The largest absolute Gasteiger partial charge is 0.377 e. The third kappa shape index (κ3) is 2.45. The molecule has 1 fully saturated rings. The van der Waals surface area contributed by atoms with Crippen molar-refractivity contribution in [3.8, 4) is 0 Å². The Morgan fingerprint density at radius 1 is 1.25 bits per heavy atom. The Morgan fingerprint density at radius 3 is 2.70 bits per heavy atom. The molecule has 2 N–H and O–H groups in total. The van der Waals surface area contributed by atoms with Gasteiger partial charge in [-0.1, -0.05) is 12.8 Å². The minimum absolute atomic E-state index is 0.0397. The van der Waals surface area contributed by atoms with Gasteiger partial charge in [-0.25, -0.2) is 0 Å². The highest BCUT2D eigenvalue weighted by Gasteiger charge is 2.24. The van der Waals surface area contributed by atoms with Gasteiger partial charge < -0.3 is 10.6 Å². The molecule has 3 rings (SSSR count). The number of hydrogen-bond donors (Lipinski definition) is 2. The lowest BCUT2D eigenvalue weighted by atomic mass is 10.0. The SMILES string of the molecule is O=C1CCc2cc(NC3CCCC3)c([N+](=O)[O-])cc2N1. The number of rotatable bonds is 3. The Bertz CT molecular complexity index is 565. The summed E-state index contributed by atoms with van der Waals surface area (Å²) in [5.41, 5.74) is 2.16. The van der Waals surface area contributed by atoms with Crippen molar-refractivity contribution in [3.63, 3.8) is 0 Å². The predicted molar refractivity (Wildman–Crippen MR) is 75.9 cm³/mol. The van der Waals surface area contributed by atoms with Gasteiger partial charge in [0.15, 0.2) is 0 Å². The quantitative estimate of drug-likeness (QED) is 0.656. The first-order valence-electron chi connectivity index (χ1n) is 7.01. The third-order valence-electron chi connectivity index (χ3n) is 4.03. The molecular formula is C14H17N3O3. The smallest absolute Gasteiger partial charge is 0.294 e. The van der Waals surface area contributed by atoms with Crippen molar-refractivity contribution < 1.29 is 9.72 Å². The minimum atomic E-state index is -0.391. The molecule has 20 heavy (non-hydrogen) atoms. The maximum atomic E-state index is 11.4. The summed E-state index contributed by atoms with van der Waals surface area (Å²) in [5.74, 6) is -0.0803. The van der Waals surface area contributed by atoms with Crippen LogP contribution in [0.5, 0.6) is 0 Å². The van der Waals surface area contributed by atoms with E-state index in [1.165, 1.54) is 18.9 Å².